The molecule has 1 aromatic rings. The van der Waals surface area contributed by atoms with Crippen LogP contribution in [-0.2, 0) is 0 Å². The molecule has 3 nitrogen and oxygen atoms in total. The van der Waals surface area contributed by atoms with Gasteiger partial charge in [0.2, 0.25) is 0 Å². The van der Waals surface area contributed by atoms with Crippen LogP contribution in [0.5, 0.6) is 0 Å². The Morgan fingerprint density at radius 3 is 2.63 bits per heavy atom. The van der Waals surface area contributed by atoms with Gasteiger partial charge in [-0.2, -0.15) is 0 Å². The maximum absolute atomic E-state index is 13.7. The van der Waals surface area contributed by atoms with E-state index < -0.39 is 5.82 Å². The fourth-order valence-electron chi connectivity index (χ4n) is 2.27. The molecule has 1 fully saturated rings. The first-order valence-electron chi connectivity index (χ1n) is 6.45. The number of nitrogens with zero attached hydrogens (tertiary/aromatic N) is 2. The molecule has 104 valence electrons. The first-order chi connectivity index (χ1) is 9.11. The first-order valence-corrected chi connectivity index (χ1v) is 6.99. The van der Waals surface area contributed by atoms with Gasteiger partial charge in [0.05, 0.1) is 5.56 Å². The molecule has 1 aromatic carbocycles. The zero-order valence-electron chi connectivity index (χ0n) is 11.0. The van der Waals surface area contributed by atoms with E-state index in [0.717, 1.165) is 25.2 Å². The van der Waals surface area contributed by atoms with Crippen molar-refractivity contribution in [2.24, 2.45) is 0 Å². The van der Waals surface area contributed by atoms with Crippen LogP contribution in [0.2, 0.25) is 0 Å². The van der Waals surface area contributed by atoms with Gasteiger partial charge in [0.1, 0.15) is 5.82 Å². The molecule has 1 amide bonds. The van der Waals surface area contributed by atoms with Gasteiger partial charge in [-0.1, -0.05) is 11.6 Å². The van der Waals surface area contributed by atoms with Crippen molar-refractivity contribution in [2.45, 2.75) is 6.92 Å². The van der Waals surface area contributed by atoms with E-state index in [9.17, 15) is 9.18 Å². The molecule has 0 N–H and O–H groups in total. The summed E-state index contributed by atoms with van der Waals surface area (Å²) in [5, 5.41) is 0. The second-order valence-electron chi connectivity index (χ2n) is 4.81. The highest BCUT2D eigenvalue weighted by molar-refractivity contribution is 6.18. The third-order valence-corrected chi connectivity index (χ3v) is 3.58. The van der Waals surface area contributed by atoms with Crippen LogP contribution in [0.25, 0.3) is 0 Å². The number of aryl methyl sites for hydroxylation is 1. The van der Waals surface area contributed by atoms with Crippen LogP contribution in [0.1, 0.15) is 15.9 Å². The number of carbonyl (C=O) groups excluding carboxylic acids is 1. The maximum Gasteiger partial charge on any atom is 0.256 e. The fourth-order valence-corrected chi connectivity index (χ4v) is 2.51. The minimum absolute atomic E-state index is 0.172. The summed E-state index contributed by atoms with van der Waals surface area (Å²) >= 11 is 5.70. The molecule has 0 saturated carbocycles. The Morgan fingerprint density at radius 2 is 2.00 bits per heavy atom. The quantitative estimate of drug-likeness (QED) is 0.794. The zero-order chi connectivity index (χ0) is 13.8. The summed E-state index contributed by atoms with van der Waals surface area (Å²) in [6.07, 6.45) is 0. The van der Waals surface area contributed by atoms with Gasteiger partial charge >= 0.3 is 0 Å². The number of benzene rings is 1. The molecule has 0 aliphatic carbocycles. The van der Waals surface area contributed by atoms with Crippen molar-refractivity contribution < 1.29 is 9.18 Å². The average Bonchev–Trinajstić information content (AvgIpc) is 2.42. The Labute approximate surface area is 117 Å². The monoisotopic (exact) mass is 284 g/mol. The smallest absolute Gasteiger partial charge is 0.256 e. The van der Waals surface area contributed by atoms with Crippen molar-refractivity contribution in [2.75, 3.05) is 38.6 Å². The van der Waals surface area contributed by atoms with E-state index in [1.165, 1.54) is 6.07 Å². The lowest BCUT2D eigenvalue weighted by molar-refractivity contribution is 0.0639. The lowest BCUT2D eigenvalue weighted by Gasteiger charge is -2.34. The summed E-state index contributed by atoms with van der Waals surface area (Å²) in [4.78, 5) is 16.2. The SMILES string of the molecule is Cc1ccc(F)c(C(=O)N2CCN(CCCl)CC2)c1. The van der Waals surface area contributed by atoms with Crippen LogP contribution in [0, 0.1) is 12.7 Å². The van der Waals surface area contributed by atoms with Crippen molar-refractivity contribution in [3.8, 4) is 0 Å². The molecule has 5 heteroatoms. The topological polar surface area (TPSA) is 23.6 Å². The molecule has 19 heavy (non-hydrogen) atoms. The minimum atomic E-state index is -0.446. The number of halogens is 2. The van der Waals surface area contributed by atoms with Crippen molar-refractivity contribution in [3.05, 3.63) is 35.1 Å². The highest BCUT2D eigenvalue weighted by atomic mass is 35.5. The highest BCUT2D eigenvalue weighted by Crippen LogP contribution is 2.14. The second-order valence-corrected chi connectivity index (χ2v) is 5.18. The third kappa shape index (κ3) is 3.45. The summed E-state index contributed by atoms with van der Waals surface area (Å²) < 4.78 is 13.7. The van der Waals surface area contributed by atoms with Gasteiger partial charge in [0.15, 0.2) is 0 Å². The standard InChI is InChI=1S/C14H18ClFN2O/c1-11-2-3-13(16)12(10-11)14(19)18-8-6-17(5-4-15)7-9-18/h2-3,10H,4-9H2,1H3. The number of hydrogen-bond donors (Lipinski definition) is 0. The van der Waals surface area contributed by atoms with Gasteiger partial charge in [0.25, 0.3) is 5.91 Å². The van der Waals surface area contributed by atoms with E-state index in [1.54, 1.807) is 17.0 Å². The summed E-state index contributed by atoms with van der Waals surface area (Å²) in [5.74, 6) is -0.0639. The van der Waals surface area contributed by atoms with Crippen molar-refractivity contribution in [1.29, 1.82) is 0 Å². The van der Waals surface area contributed by atoms with Crippen molar-refractivity contribution >= 4 is 17.5 Å². The van der Waals surface area contributed by atoms with Gasteiger partial charge in [0, 0.05) is 38.6 Å². The largest absolute Gasteiger partial charge is 0.336 e. The van der Waals surface area contributed by atoms with Crippen LogP contribution < -0.4 is 0 Å². The number of hydrogen-bond acceptors (Lipinski definition) is 2. The van der Waals surface area contributed by atoms with E-state index in [4.69, 9.17) is 11.6 Å². The lowest BCUT2D eigenvalue weighted by Crippen LogP contribution is -2.49. The van der Waals surface area contributed by atoms with Crippen LogP contribution in [0.15, 0.2) is 18.2 Å². The first kappa shape index (κ1) is 14.3. The molecule has 0 aromatic heterocycles. The number of carbonyl (C=O) groups is 1. The molecular formula is C14H18ClFN2O. The summed E-state index contributed by atoms with van der Waals surface area (Å²) in [6.45, 7) is 5.54. The highest BCUT2D eigenvalue weighted by Gasteiger charge is 2.23. The van der Waals surface area contributed by atoms with E-state index in [2.05, 4.69) is 4.90 Å². The molecule has 1 aliphatic heterocycles. The van der Waals surface area contributed by atoms with E-state index in [-0.39, 0.29) is 11.5 Å². The van der Waals surface area contributed by atoms with Crippen LogP contribution in [0.3, 0.4) is 0 Å². The summed E-state index contributed by atoms with van der Waals surface area (Å²) in [5.41, 5.74) is 1.07. The third-order valence-electron chi connectivity index (χ3n) is 3.41. The van der Waals surface area contributed by atoms with Crippen LogP contribution in [0.4, 0.5) is 4.39 Å². The summed E-state index contributed by atoms with van der Waals surface area (Å²) in [7, 11) is 0. The van der Waals surface area contributed by atoms with Crippen molar-refractivity contribution in [1.82, 2.24) is 9.80 Å². The predicted molar refractivity (Wildman–Crippen MR) is 74.2 cm³/mol. The zero-order valence-corrected chi connectivity index (χ0v) is 11.8. The van der Waals surface area contributed by atoms with Gasteiger partial charge in [-0.3, -0.25) is 9.69 Å². The Kier molecular flexibility index (Phi) is 4.77. The number of piperazine rings is 1. The van der Waals surface area contributed by atoms with E-state index >= 15 is 0 Å². The second kappa shape index (κ2) is 6.35. The number of amides is 1. The summed E-state index contributed by atoms with van der Waals surface area (Å²) in [6, 6.07) is 4.64. The molecule has 0 unspecified atom stereocenters. The van der Waals surface area contributed by atoms with Crippen LogP contribution >= 0.6 is 11.6 Å². The number of rotatable bonds is 3. The Bertz CT molecular complexity index is 459. The predicted octanol–water partition coefficient (Wildman–Crippen LogP) is 2.13. The molecule has 1 heterocycles. The average molecular weight is 285 g/mol. The maximum atomic E-state index is 13.7. The molecule has 0 bridgehead atoms. The van der Waals surface area contributed by atoms with E-state index in [0.29, 0.717) is 19.0 Å². The molecular weight excluding hydrogens is 267 g/mol. The Morgan fingerprint density at radius 1 is 1.32 bits per heavy atom. The van der Waals surface area contributed by atoms with Gasteiger partial charge in [-0.05, 0) is 19.1 Å². The van der Waals surface area contributed by atoms with Crippen molar-refractivity contribution in [3.63, 3.8) is 0 Å². The minimum Gasteiger partial charge on any atom is -0.336 e. The molecule has 0 radical (unpaired) electrons. The molecule has 0 spiro atoms. The normalized spacial score (nSPS) is 16.7. The molecule has 2 rings (SSSR count). The fraction of sp³-hybridized carbons (Fsp3) is 0.500. The number of alkyl halides is 1. The molecule has 1 aliphatic rings. The van der Waals surface area contributed by atoms with Gasteiger partial charge in [-0.25, -0.2) is 4.39 Å². The van der Waals surface area contributed by atoms with E-state index in [1.807, 2.05) is 6.92 Å². The van der Waals surface area contributed by atoms with Crippen LogP contribution in [-0.4, -0.2) is 54.3 Å². The Balaban J connectivity index is 2.03. The molecule has 0 atom stereocenters. The lowest BCUT2D eigenvalue weighted by atomic mass is 10.1. The molecule has 1 saturated heterocycles. The van der Waals surface area contributed by atoms with Gasteiger partial charge < -0.3 is 4.90 Å². The van der Waals surface area contributed by atoms with Gasteiger partial charge in [-0.15, -0.1) is 11.6 Å². The Hall–Kier alpha value is -1.13.